The Balaban J connectivity index is 2.58. The van der Waals surface area contributed by atoms with Crippen LogP contribution in [0.25, 0.3) is 0 Å². The quantitative estimate of drug-likeness (QED) is 0.753. The Morgan fingerprint density at radius 2 is 1.93 bits per heavy atom. The number of rotatable bonds is 6. The van der Waals surface area contributed by atoms with Gasteiger partial charge in [-0.05, 0) is 19.4 Å². The largest absolute Gasteiger partial charge is 0.310 e. The number of nitrogens with one attached hydrogen (secondary N) is 1. The zero-order valence-corrected chi connectivity index (χ0v) is 9.03. The van der Waals surface area contributed by atoms with Gasteiger partial charge in [0.25, 0.3) is 0 Å². The molecule has 3 heteroatoms. The molecule has 0 aliphatic carbocycles. The Morgan fingerprint density at radius 1 is 1.21 bits per heavy atom. The molecule has 1 rings (SSSR count). The van der Waals surface area contributed by atoms with Crippen LogP contribution >= 0.6 is 0 Å². The van der Waals surface area contributed by atoms with Crippen molar-refractivity contribution >= 4 is 0 Å². The summed E-state index contributed by atoms with van der Waals surface area (Å²) < 4.78 is 0. The zero-order valence-electron chi connectivity index (χ0n) is 9.03. The maximum Gasteiger partial charge on any atom is 0.115 e. The van der Waals surface area contributed by atoms with E-state index in [1.807, 2.05) is 12.4 Å². The maximum absolute atomic E-state index is 4.04. The van der Waals surface area contributed by atoms with E-state index in [4.69, 9.17) is 0 Å². The fraction of sp³-hybridized carbons (Fsp3) is 0.636. The van der Waals surface area contributed by atoms with Crippen molar-refractivity contribution in [3.8, 4) is 0 Å². The molecule has 0 saturated carbocycles. The van der Waals surface area contributed by atoms with Crippen molar-refractivity contribution in [3.63, 3.8) is 0 Å². The minimum absolute atomic E-state index is 0.418. The Kier molecular flexibility index (Phi) is 5.15. The van der Waals surface area contributed by atoms with Gasteiger partial charge in [0.1, 0.15) is 6.33 Å². The molecule has 0 aromatic carbocycles. The molecule has 0 amide bonds. The molecule has 0 spiro atoms. The average molecular weight is 193 g/mol. The molecule has 1 aromatic heterocycles. The van der Waals surface area contributed by atoms with E-state index in [9.17, 15) is 0 Å². The molecular weight excluding hydrogens is 174 g/mol. The molecule has 0 radical (unpaired) electrons. The van der Waals surface area contributed by atoms with Crippen molar-refractivity contribution in [2.24, 2.45) is 0 Å². The summed E-state index contributed by atoms with van der Waals surface area (Å²) in [6.45, 7) is 5.43. The third-order valence-corrected chi connectivity index (χ3v) is 2.20. The smallest absolute Gasteiger partial charge is 0.115 e. The van der Waals surface area contributed by atoms with Gasteiger partial charge in [0.15, 0.2) is 0 Å². The molecule has 0 aliphatic heterocycles. The van der Waals surface area contributed by atoms with E-state index in [0.29, 0.717) is 6.04 Å². The van der Waals surface area contributed by atoms with Crippen molar-refractivity contribution in [2.45, 2.75) is 39.2 Å². The number of nitrogens with zero attached hydrogens (tertiary/aromatic N) is 2. The van der Waals surface area contributed by atoms with Crippen LogP contribution in [0.4, 0.5) is 0 Å². The summed E-state index contributed by atoms with van der Waals surface area (Å²) in [6, 6.07) is 0.418. The SMILES string of the molecule is CCCNC(CCC)c1cncnc1. The molecule has 1 unspecified atom stereocenters. The van der Waals surface area contributed by atoms with Crippen LogP contribution < -0.4 is 5.32 Å². The van der Waals surface area contributed by atoms with Crippen LogP contribution in [0.2, 0.25) is 0 Å². The fourth-order valence-corrected chi connectivity index (χ4v) is 1.48. The third-order valence-electron chi connectivity index (χ3n) is 2.20. The summed E-state index contributed by atoms with van der Waals surface area (Å²) in [6.07, 6.45) is 8.86. The van der Waals surface area contributed by atoms with Crippen LogP contribution in [0.5, 0.6) is 0 Å². The second-order valence-corrected chi connectivity index (χ2v) is 3.47. The van der Waals surface area contributed by atoms with Gasteiger partial charge < -0.3 is 5.32 Å². The molecule has 78 valence electrons. The van der Waals surface area contributed by atoms with Crippen LogP contribution in [-0.4, -0.2) is 16.5 Å². The lowest BCUT2D eigenvalue weighted by molar-refractivity contribution is 0.491. The Labute approximate surface area is 86.0 Å². The van der Waals surface area contributed by atoms with Crippen LogP contribution in [0, 0.1) is 0 Å². The standard InChI is InChI=1S/C11H19N3/c1-3-5-11(14-6-4-2)10-7-12-9-13-8-10/h7-9,11,14H,3-6H2,1-2H3. The highest BCUT2D eigenvalue weighted by molar-refractivity contribution is 5.08. The lowest BCUT2D eigenvalue weighted by Crippen LogP contribution is -2.22. The van der Waals surface area contributed by atoms with Crippen LogP contribution in [-0.2, 0) is 0 Å². The van der Waals surface area contributed by atoms with E-state index in [1.165, 1.54) is 12.0 Å². The second-order valence-electron chi connectivity index (χ2n) is 3.47. The Morgan fingerprint density at radius 3 is 2.50 bits per heavy atom. The predicted molar refractivity (Wildman–Crippen MR) is 58.0 cm³/mol. The summed E-state index contributed by atoms with van der Waals surface area (Å²) in [5, 5.41) is 3.51. The van der Waals surface area contributed by atoms with Crippen molar-refractivity contribution in [3.05, 3.63) is 24.3 Å². The van der Waals surface area contributed by atoms with Crippen LogP contribution in [0.3, 0.4) is 0 Å². The second kappa shape index (κ2) is 6.49. The average Bonchev–Trinajstić information content (AvgIpc) is 2.25. The van der Waals surface area contributed by atoms with Gasteiger partial charge in [-0.15, -0.1) is 0 Å². The van der Waals surface area contributed by atoms with Gasteiger partial charge in [-0.3, -0.25) is 0 Å². The highest BCUT2D eigenvalue weighted by Crippen LogP contribution is 2.15. The first-order chi connectivity index (χ1) is 6.88. The highest BCUT2D eigenvalue weighted by atomic mass is 14.9. The van der Waals surface area contributed by atoms with Gasteiger partial charge in [-0.2, -0.15) is 0 Å². The number of hydrogen-bond acceptors (Lipinski definition) is 3. The number of aromatic nitrogens is 2. The normalized spacial score (nSPS) is 12.7. The summed E-state index contributed by atoms with van der Waals surface area (Å²) in [5.41, 5.74) is 1.20. The van der Waals surface area contributed by atoms with E-state index in [-0.39, 0.29) is 0 Å². The van der Waals surface area contributed by atoms with E-state index in [0.717, 1.165) is 19.4 Å². The van der Waals surface area contributed by atoms with Gasteiger partial charge in [-0.1, -0.05) is 20.3 Å². The van der Waals surface area contributed by atoms with Crippen LogP contribution in [0.1, 0.15) is 44.7 Å². The molecule has 1 heterocycles. The molecule has 1 N–H and O–H groups in total. The number of hydrogen-bond donors (Lipinski definition) is 1. The molecule has 1 atom stereocenters. The van der Waals surface area contributed by atoms with E-state index in [2.05, 4.69) is 29.1 Å². The minimum Gasteiger partial charge on any atom is -0.310 e. The fourth-order valence-electron chi connectivity index (χ4n) is 1.48. The first kappa shape index (κ1) is 11.1. The van der Waals surface area contributed by atoms with Gasteiger partial charge in [0.05, 0.1) is 0 Å². The summed E-state index contributed by atoms with van der Waals surface area (Å²) in [4.78, 5) is 8.09. The summed E-state index contributed by atoms with van der Waals surface area (Å²) in [7, 11) is 0. The molecule has 14 heavy (non-hydrogen) atoms. The van der Waals surface area contributed by atoms with E-state index in [1.54, 1.807) is 6.33 Å². The minimum atomic E-state index is 0.418. The predicted octanol–water partition coefficient (Wildman–Crippen LogP) is 2.32. The molecule has 0 saturated heterocycles. The van der Waals surface area contributed by atoms with Crippen molar-refractivity contribution in [1.82, 2.24) is 15.3 Å². The van der Waals surface area contributed by atoms with Crippen molar-refractivity contribution in [2.75, 3.05) is 6.54 Å². The lowest BCUT2D eigenvalue weighted by atomic mass is 10.1. The molecule has 0 bridgehead atoms. The Hall–Kier alpha value is -0.960. The van der Waals surface area contributed by atoms with Gasteiger partial charge in [0, 0.05) is 24.0 Å². The topological polar surface area (TPSA) is 37.8 Å². The monoisotopic (exact) mass is 193 g/mol. The summed E-state index contributed by atoms with van der Waals surface area (Å²) in [5.74, 6) is 0. The van der Waals surface area contributed by atoms with Crippen molar-refractivity contribution < 1.29 is 0 Å². The van der Waals surface area contributed by atoms with Gasteiger partial charge >= 0.3 is 0 Å². The van der Waals surface area contributed by atoms with E-state index >= 15 is 0 Å². The first-order valence-electron chi connectivity index (χ1n) is 5.36. The molecule has 0 fully saturated rings. The molecule has 1 aromatic rings. The molecule has 3 nitrogen and oxygen atoms in total. The maximum atomic E-state index is 4.04. The zero-order chi connectivity index (χ0) is 10.2. The molecular formula is C11H19N3. The van der Waals surface area contributed by atoms with Gasteiger partial charge in [0.2, 0.25) is 0 Å². The van der Waals surface area contributed by atoms with Crippen LogP contribution in [0.15, 0.2) is 18.7 Å². The molecule has 0 aliphatic rings. The lowest BCUT2D eigenvalue weighted by Gasteiger charge is -2.17. The van der Waals surface area contributed by atoms with E-state index < -0.39 is 0 Å². The highest BCUT2D eigenvalue weighted by Gasteiger charge is 2.08. The first-order valence-corrected chi connectivity index (χ1v) is 5.36. The van der Waals surface area contributed by atoms with Crippen molar-refractivity contribution in [1.29, 1.82) is 0 Å². The van der Waals surface area contributed by atoms with Gasteiger partial charge in [-0.25, -0.2) is 9.97 Å². The third kappa shape index (κ3) is 3.42. The Bertz CT molecular complexity index is 236. The summed E-state index contributed by atoms with van der Waals surface area (Å²) >= 11 is 0.